The van der Waals surface area contributed by atoms with Crippen LogP contribution in [0.5, 0.6) is 5.75 Å². The van der Waals surface area contributed by atoms with Gasteiger partial charge in [0, 0.05) is 61.9 Å². The summed E-state index contributed by atoms with van der Waals surface area (Å²) in [6.07, 6.45) is 2.49. The molecule has 1 amide bonds. The number of carbonyl (C=O) groups is 1. The van der Waals surface area contributed by atoms with Gasteiger partial charge in [-0.25, -0.2) is 9.82 Å². The molecule has 4 atom stereocenters. The second-order valence-corrected chi connectivity index (χ2v) is 9.36. The van der Waals surface area contributed by atoms with Crippen molar-refractivity contribution >= 4 is 11.6 Å². The molecular formula is C25H32FN5O2. The number of halogens is 1. The number of hydrogen-bond donors (Lipinski definition) is 3. The Labute approximate surface area is 194 Å². The van der Waals surface area contributed by atoms with Crippen molar-refractivity contribution in [3.8, 4) is 5.75 Å². The van der Waals surface area contributed by atoms with E-state index in [-0.39, 0.29) is 36.0 Å². The zero-order valence-corrected chi connectivity index (χ0v) is 19.0. The van der Waals surface area contributed by atoms with E-state index in [1.807, 2.05) is 24.3 Å². The van der Waals surface area contributed by atoms with Crippen molar-refractivity contribution in [3.63, 3.8) is 0 Å². The highest BCUT2D eigenvalue weighted by Crippen LogP contribution is 2.32. The third-order valence-corrected chi connectivity index (χ3v) is 7.09. The number of amides is 1. The Morgan fingerprint density at radius 2 is 1.85 bits per heavy atom. The fourth-order valence-electron chi connectivity index (χ4n) is 5.12. The summed E-state index contributed by atoms with van der Waals surface area (Å²) in [5.41, 5.74) is 8.40. The van der Waals surface area contributed by atoms with Gasteiger partial charge in [0.15, 0.2) is 0 Å². The van der Waals surface area contributed by atoms with E-state index in [2.05, 4.69) is 33.0 Å². The van der Waals surface area contributed by atoms with Gasteiger partial charge in [-0.3, -0.25) is 10.2 Å². The quantitative estimate of drug-likeness (QED) is 0.646. The predicted molar refractivity (Wildman–Crippen MR) is 126 cm³/mol. The lowest BCUT2D eigenvalue weighted by Gasteiger charge is -2.34. The number of hydrazine groups is 1. The molecule has 33 heavy (non-hydrogen) atoms. The topological polar surface area (TPSA) is 68.9 Å². The third-order valence-electron chi connectivity index (χ3n) is 7.09. The van der Waals surface area contributed by atoms with E-state index in [4.69, 9.17) is 4.74 Å². The van der Waals surface area contributed by atoms with Crippen molar-refractivity contribution in [1.82, 2.24) is 21.1 Å². The van der Waals surface area contributed by atoms with E-state index in [0.717, 1.165) is 51.1 Å². The second-order valence-electron chi connectivity index (χ2n) is 9.36. The molecule has 2 aliphatic heterocycles. The molecule has 1 saturated carbocycles. The average molecular weight is 454 g/mol. The van der Waals surface area contributed by atoms with Crippen LogP contribution in [0.15, 0.2) is 48.5 Å². The Morgan fingerprint density at radius 1 is 1.06 bits per heavy atom. The molecule has 3 N–H and O–H groups in total. The van der Waals surface area contributed by atoms with Crippen LogP contribution in [0.25, 0.3) is 0 Å². The number of fused-ring (bicyclic) bond motifs is 1. The summed E-state index contributed by atoms with van der Waals surface area (Å²) in [6, 6.07) is 14.4. The SMILES string of the molecule is CN1CCN(c2ccc(C(=O)NC3NNC4CC(Oc5cccc(F)c5)CCC43)cc2)CC1. The Hall–Kier alpha value is -2.68. The molecule has 0 spiro atoms. The zero-order valence-electron chi connectivity index (χ0n) is 19.0. The van der Waals surface area contributed by atoms with Gasteiger partial charge < -0.3 is 19.9 Å². The van der Waals surface area contributed by atoms with Crippen LogP contribution in [0, 0.1) is 11.7 Å². The Morgan fingerprint density at radius 3 is 2.61 bits per heavy atom. The minimum atomic E-state index is -0.291. The van der Waals surface area contributed by atoms with Gasteiger partial charge in [-0.05, 0) is 56.3 Å². The van der Waals surface area contributed by atoms with E-state index < -0.39 is 0 Å². The van der Waals surface area contributed by atoms with Crippen LogP contribution < -0.4 is 25.8 Å². The molecule has 2 saturated heterocycles. The van der Waals surface area contributed by atoms with Crippen molar-refractivity contribution in [2.45, 2.75) is 37.6 Å². The van der Waals surface area contributed by atoms with Gasteiger partial charge >= 0.3 is 0 Å². The molecule has 0 radical (unpaired) electrons. The third kappa shape index (κ3) is 5.13. The summed E-state index contributed by atoms with van der Waals surface area (Å²) in [6.45, 7) is 4.12. The van der Waals surface area contributed by atoms with Crippen molar-refractivity contribution in [2.75, 3.05) is 38.1 Å². The Bertz CT molecular complexity index is 964. The molecule has 2 aromatic carbocycles. The van der Waals surface area contributed by atoms with Gasteiger partial charge in [-0.1, -0.05) is 6.07 Å². The van der Waals surface area contributed by atoms with Crippen LogP contribution >= 0.6 is 0 Å². The molecule has 0 aromatic heterocycles. The second kappa shape index (κ2) is 9.67. The molecule has 7 nitrogen and oxygen atoms in total. The first-order valence-corrected chi connectivity index (χ1v) is 11.8. The van der Waals surface area contributed by atoms with Gasteiger partial charge in [0.1, 0.15) is 17.7 Å². The predicted octanol–water partition coefficient (Wildman–Crippen LogP) is 2.36. The van der Waals surface area contributed by atoms with Gasteiger partial charge in [0.25, 0.3) is 5.91 Å². The molecule has 0 bridgehead atoms. The summed E-state index contributed by atoms with van der Waals surface area (Å²) >= 11 is 0. The fraction of sp³-hybridized carbons (Fsp3) is 0.480. The van der Waals surface area contributed by atoms with Crippen LogP contribution in [-0.2, 0) is 0 Å². The smallest absolute Gasteiger partial charge is 0.252 e. The maximum atomic E-state index is 13.4. The molecule has 176 valence electrons. The van der Waals surface area contributed by atoms with Gasteiger partial charge in [0.05, 0.1) is 6.17 Å². The van der Waals surface area contributed by atoms with Crippen LogP contribution in [0.1, 0.15) is 29.6 Å². The van der Waals surface area contributed by atoms with Crippen molar-refractivity contribution in [2.24, 2.45) is 5.92 Å². The number of ether oxygens (including phenoxy) is 1. The molecule has 1 aliphatic carbocycles. The number of anilines is 1. The van der Waals surface area contributed by atoms with Crippen molar-refractivity contribution in [3.05, 3.63) is 59.9 Å². The first kappa shape index (κ1) is 22.1. The molecule has 8 heteroatoms. The first-order chi connectivity index (χ1) is 16.0. The number of nitrogens with zero attached hydrogens (tertiary/aromatic N) is 2. The minimum absolute atomic E-state index is 0.0268. The lowest BCUT2D eigenvalue weighted by atomic mass is 9.82. The number of benzene rings is 2. The number of nitrogens with one attached hydrogen (secondary N) is 3. The molecule has 3 fully saturated rings. The highest BCUT2D eigenvalue weighted by molar-refractivity contribution is 5.94. The first-order valence-electron chi connectivity index (χ1n) is 11.8. The van der Waals surface area contributed by atoms with E-state index in [0.29, 0.717) is 11.3 Å². The largest absolute Gasteiger partial charge is 0.490 e. The Kier molecular flexibility index (Phi) is 6.48. The molecule has 4 unspecified atom stereocenters. The normalized spacial score (nSPS) is 27.8. The number of likely N-dealkylation sites (N-methyl/N-ethyl adjacent to an activating group) is 1. The highest BCUT2D eigenvalue weighted by atomic mass is 19.1. The maximum absolute atomic E-state index is 13.4. The summed E-state index contributed by atoms with van der Waals surface area (Å²) < 4.78 is 19.4. The molecular weight excluding hydrogens is 421 g/mol. The number of carbonyl (C=O) groups excluding carboxylic acids is 1. The molecule has 2 heterocycles. The summed E-state index contributed by atoms with van der Waals surface area (Å²) in [5, 5.41) is 3.15. The van der Waals surface area contributed by atoms with Gasteiger partial charge in [-0.15, -0.1) is 0 Å². The lowest BCUT2D eigenvalue weighted by Crippen LogP contribution is -2.47. The van der Waals surface area contributed by atoms with E-state index in [9.17, 15) is 9.18 Å². The average Bonchev–Trinajstić information content (AvgIpc) is 3.21. The monoisotopic (exact) mass is 453 g/mol. The van der Waals surface area contributed by atoms with Crippen LogP contribution in [0.4, 0.5) is 10.1 Å². The molecule has 2 aromatic rings. The van der Waals surface area contributed by atoms with Crippen molar-refractivity contribution < 1.29 is 13.9 Å². The highest BCUT2D eigenvalue weighted by Gasteiger charge is 2.41. The number of piperazine rings is 1. The van der Waals surface area contributed by atoms with Crippen LogP contribution in [-0.4, -0.2) is 62.3 Å². The zero-order chi connectivity index (χ0) is 22.8. The van der Waals surface area contributed by atoms with Crippen LogP contribution in [0.3, 0.4) is 0 Å². The van der Waals surface area contributed by atoms with E-state index >= 15 is 0 Å². The maximum Gasteiger partial charge on any atom is 0.252 e. The molecule has 5 rings (SSSR count). The van der Waals surface area contributed by atoms with Crippen LogP contribution in [0.2, 0.25) is 0 Å². The Balaban J connectivity index is 1.14. The number of hydrogen-bond acceptors (Lipinski definition) is 6. The lowest BCUT2D eigenvalue weighted by molar-refractivity contribution is 0.0888. The van der Waals surface area contributed by atoms with Gasteiger partial charge in [0.2, 0.25) is 0 Å². The van der Waals surface area contributed by atoms with Gasteiger partial charge in [-0.2, -0.15) is 0 Å². The summed E-state index contributed by atoms with van der Waals surface area (Å²) in [7, 11) is 2.14. The molecule has 3 aliphatic rings. The fourth-order valence-corrected chi connectivity index (χ4v) is 5.12. The standard InChI is InChI=1S/C25H32FN5O2/c1-30-11-13-31(14-12-30)19-7-5-17(6-8-19)25(32)27-24-22-10-9-21(16-23(22)28-29-24)33-20-4-2-3-18(26)15-20/h2-8,15,21-24,28-29H,9-14,16H2,1H3,(H,27,32). The minimum Gasteiger partial charge on any atom is -0.490 e. The summed E-state index contributed by atoms with van der Waals surface area (Å²) in [5.74, 6) is 0.486. The summed E-state index contributed by atoms with van der Waals surface area (Å²) in [4.78, 5) is 17.6. The van der Waals surface area contributed by atoms with E-state index in [1.165, 1.54) is 12.1 Å². The van der Waals surface area contributed by atoms with Crippen molar-refractivity contribution in [1.29, 1.82) is 0 Å². The van der Waals surface area contributed by atoms with E-state index in [1.54, 1.807) is 12.1 Å². The number of rotatable bonds is 5.